The van der Waals surface area contributed by atoms with Crippen molar-refractivity contribution in [2.75, 3.05) is 18.6 Å². The van der Waals surface area contributed by atoms with Gasteiger partial charge < -0.3 is 11.5 Å². The molecule has 0 radical (unpaired) electrons. The molecule has 0 spiro atoms. The van der Waals surface area contributed by atoms with Gasteiger partial charge in [-0.15, -0.1) is 0 Å². The minimum atomic E-state index is -3.11. The maximum atomic E-state index is 11.0. The Morgan fingerprint density at radius 3 is 2.42 bits per heavy atom. The molecule has 0 bridgehead atoms. The Balaban J connectivity index is 4.11. The molecule has 0 aliphatic heterocycles. The van der Waals surface area contributed by atoms with Gasteiger partial charge in [0.25, 0.3) is 0 Å². The van der Waals surface area contributed by atoms with Crippen LogP contribution < -0.4 is 11.5 Å². The van der Waals surface area contributed by atoms with Crippen LogP contribution in [0.2, 0.25) is 0 Å². The quantitative estimate of drug-likeness (QED) is 0.407. The second kappa shape index (κ2) is 4.68. The SMILES string of the molecule is CS(=O)(=O)C(CN)CSC(=N)N. The first-order chi connectivity index (χ1) is 5.38. The summed E-state index contributed by atoms with van der Waals surface area (Å²) in [6.45, 7) is 0.0686. The van der Waals surface area contributed by atoms with E-state index in [1.54, 1.807) is 0 Å². The molecule has 1 atom stereocenters. The molecule has 0 aliphatic carbocycles. The predicted octanol–water partition coefficient (Wildman–Crippen LogP) is -1.02. The fourth-order valence-corrected chi connectivity index (χ4v) is 2.59. The average molecular weight is 211 g/mol. The van der Waals surface area contributed by atoms with Gasteiger partial charge in [-0.25, -0.2) is 8.42 Å². The summed E-state index contributed by atoms with van der Waals surface area (Å²) < 4.78 is 21.9. The second-order valence-electron chi connectivity index (χ2n) is 2.36. The summed E-state index contributed by atoms with van der Waals surface area (Å²) in [6, 6.07) is 0. The van der Waals surface area contributed by atoms with Crippen LogP contribution in [0.4, 0.5) is 0 Å². The van der Waals surface area contributed by atoms with Crippen molar-refractivity contribution >= 4 is 26.8 Å². The second-order valence-corrected chi connectivity index (χ2v) is 5.75. The Morgan fingerprint density at radius 1 is 1.67 bits per heavy atom. The average Bonchev–Trinajstić information content (AvgIpc) is 1.85. The third-order valence-corrected chi connectivity index (χ3v) is 3.95. The van der Waals surface area contributed by atoms with Crippen LogP contribution >= 0.6 is 11.8 Å². The normalized spacial score (nSPS) is 14.2. The number of amidine groups is 1. The summed E-state index contributed by atoms with van der Waals surface area (Å²) in [5.74, 6) is 0.255. The van der Waals surface area contributed by atoms with Gasteiger partial charge in [0.05, 0.1) is 5.25 Å². The molecule has 0 rings (SSSR count). The molecule has 0 aliphatic rings. The first kappa shape index (κ1) is 11.7. The van der Waals surface area contributed by atoms with E-state index in [0.717, 1.165) is 18.0 Å². The van der Waals surface area contributed by atoms with E-state index >= 15 is 0 Å². The Kier molecular flexibility index (Phi) is 4.58. The number of rotatable bonds is 4. The zero-order chi connectivity index (χ0) is 9.78. The predicted molar refractivity (Wildman–Crippen MR) is 52.1 cm³/mol. The van der Waals surface area contributed by atoms with Crippen molar-refractivity contribution < 1.29 is 8.42 Å². The number of nitrogens with two attached hydrogens (primary N) is 2. The monoisotopic (exact) mass is 211 g/mol. The molecule has 1 unspecified atom stereocenters. The molecule has 0 aromatic heterocycles. The van der Waals surface area contributed by atoms with E-state index in [2.05, 4.69) is 0 Å². The Labute approximate surface area is 76.3 Å². The van der Waals surface area contributed by atoms with Gasteiger partial charge in [-0.2, -0.15) is 0 Å². The zero-order valence-electron chi connectivity index (χ0n) is 6.78. The lowest BCUT2D eigenvalue weighted by Crippen LogP contribution is -2.32. The van der Waals surface area contributed by atoms with Crippen molar-refractivity contribution in [3.05, 3.63) is 0 Å². The van der Waals surface area contributed by atoms with E-state index in [9.17, 15) is 8.42 Å². The molecule has 5 N–H and O–H groups in total. The zero-order valence-corrected chi connectivity index (χ0v) is 8.41. The molecular weight excluding hydrogens is 198 g/mol. The van der Waals surface area contributed by atoms with Crippen molar-refractivity contribution in [2.45, 2.75) is 5.25 Å². The van der Waals surface area contributed by atoms with Crippen LogP contribution in [0.15, 0.2) is 0 Å². The molecular formula is C5H13N3O2S2. The lowest BCUT2D eigenvalue weighted by Gasteiger charge is -2.10. The summed E-state index contributed by atoms with van der Waals surface area (Å²) in [4.78, 5) is 0. The maximum Gasteiger partial charge on any atom is 0.152 e. The number of thioether (sulfide) groups is 1. The first-order valence-electron chi connectivity index (χ1n) is 3.23. The Morgan fingerprint density at radius 2 is 2.17 bits per heavy atom. The summed E-state index contributed by atoms with van der Waals surface area (Å²) in [5.41, 5.74) is 10.3. The topological polar surface area (TPSA) is 110 Å². The molecule has 0 amide bonds. The summed E-state index contributed by atoms with van der Waals surface area (Å²) in [7, 11) is -3.11. The number of hydrogen-bond acceptors (Lipinski definition) is 5. The fraction of sp³-hybridized carbons (Fsp3) is 0.800. The van der Waals surface area contributed by atoms with Gasteiger partial charge in [0, 0.05) is 18.6 Å². The highest BCUT2D eigenvalue weighted by Crippen LogP contribution is 2.07. The van der Waals surface area contributed by atoms with Crippen molar-refractivity contribution in [2.24, 2.45) is 11.5 Å². The molecule has 0 aromatic carbocycles. The van der Waals surface area contributed by atoms with E-state index in [-0.39, 0.29) is 17.5 Å². The smallest absolute Gasteiger partial charge is 0.152 e. The lowest BCUT2D eigenvalue weighted by molar-refractivity contribution is 0.591. The van der Waals surface area contributed by atoms with Gasteiger partial charge >= 0.3 is 0 Å². The third-order valence-electron chi connectivity index (χ3n) is 1.29. The van der Waals surface area contributed by atoms with Crippen molar-refractivity contribution in [3.8, 4) is 0 Å². The Bertz CT molecular complexity index is 249. The number of nitrogens with one attached hydrogen (secondary N) is 1. The van der Waals surface area contributed by atoms with E-state index in [0.29, 0.717) is 0 Å². The molecule has 0 heterocycles. The molecule has 12 heavy (non-hydrogen) atoms. The van der Waals surface area contributed by atoms with E-state index < -0.39 is 15.1 Å². The van der Waals surface area contributed by atoms with Gasteiger partial charge in [0.1, 0.15) is 0 Å². The summed E-state index contributed by atoms with van der Waals surface area (Å²) in [5, 5.41) is 6.18. The van der Waals surface area contributed by atoms with Crippen LogP contribution in [0, 0.1) is 5.41 Å². The highest BCUT2D eigenvalue weighted by Gasteiger charge is 2.18. The molecule has 5 nitrogen and oxygen atoms in total. The van der Waals surface area contributed by atoms with Crippen molar-refractivity contribution in [1.82, 2.24) is 0 Å². The van der Waals surface area contributed by atoms with Gasteiger partial charge in [0.15, 0.2) is 15.0 Å². The van der Waals surface area contributed by atoms with Crippen molar-refractivity contribution in [3.63, 3.8) is 0 Å². The summed E-state index contributed by atoms with van der Waals surface area (Å²) >= 11 is 0.993. The first-order valence-corrected chi connectivity index (χ1v) is 6.17. The highest BCUT2D eigenvalue weighted by atomic mass is 32.2. The van der Waals surface area contributed by atoms with Crippen LogP contribution in [0.3, 0.4) is 0 Å². The van der Waals surface area contributed by atoms with Gasteiger partial charge in [-0.3, -0.25) is 5.41 Å². The van der Waals surface area contributed by atoms with E-state index in [4.69, 9.17) is 16.9 Å². The fourth-order valence-electron chi connectivity index (χ4n) is 0.549. The third kappa shape index (κ3) is 4.58. The van der Waals surface area contributed by atoms with Crippen LogP contribution in [-0.2, 0) is 9.84 Å². The molecule has 72 valence electrons. The standard InChI is InChI=1S/C5H13N3O2S2/c1-12(9,10)4(2-6)3-11-5(7)8/h4H,2-3,6H2,1H3,(H3,7,8). The largest absolute Gasteiger partial charge is 0.379 e. The minimum Gasteiger partial charge on any atom is -0.379 e. The molecule has 0 fully saturated rings. The Hall–Kier alpha value is -0.270. The number of hydrogen-bond donors (Lipinski definition) is 3. The van der Waals surface area contributed by atoms with Crippen LogP contribution in [0.5, 0.6) is 0 Å². The van der Waals surface area contributed by atoms with Crippen LogP contribution in [-0.4, -0.2) is 37.4 Å². The maximum absolute atomic E-state index is 11.0. The van der Waals surface area contributed by atoms with E-state index in [1.165, 1.54) is 0 Å². The van der Waals surface area contributed by atoms with E-state index in [1.807, 2.05) is 0 Å². The molecule has 0 aromatic rings. The van der Waals surface area contributed by atoms with Crippen LogP contribution in [0.25, 0.3) is 0 Å². The molecule has 0 saturated carbocycles. The highest BCUT2D eigenvalue weighted by molar-refractivity contribution is 8.14. The molecule has 7 heteroatoms. The van der Waals surface area contributed by atoms with Crippen LogP contribution in [0.1, 0.15) is 0 Å². The minimum absolute atomic E-state index is 0.0686. The summed E-state index contributed by atoms with van der Waals surface area (Å²) in [6.07, 6.45) is 1.13. The lowest BCUT2D eigenvalue weighted by atomic mass is 10.5. The number of sulfone groups is 1. The van der Waals surface area contributed by atoms with Gasteiger partial charge in [-0.05, 0) is 0 Å². The van der Waals surface area contributed by atoms with Gasteiger partial charge in [-0.1, -0.05) is 11.8 Å². The molecule has 0 saturated heterocycles. The van der Waals surface area contributed by atoms with Gasteiger partial charge in [0.2, 0.25) is 0 Å². The van der Waals surface area contributed by atoms with Crippen molar-refractivity contribution in [1.29, 1.82) is 5.41 Å².